The standard InChI is InChI=1S/C9H20N2O2/c1-3-8(9(12)13)11-6-4-10(2)5-7-11/h8-9,12-13H,3-7H2,1-2H3. The van der Waals surface area contributed by atoms with Gasteiger partial charge in [-0.25, -0.2) is 0 Å². The fraction of sp³-hybridized carbons (Fsp3) is 1.00. The van der Waals surface area contributed by atoms with E-state index in [4.69, 9.17) is 10.2 Å². The minimum Gasteiger partial charge on any atom is -0.367 e. The zero-order chi connectivity index (χ0) is 9.84. The topological polar surface area (TPSA) is 46.9 Å². The molecule has 0 radical (unpaired) electrons. The molecule has 0 bridgehead atoms. The Morgan fingerprint density at radius 1 is 1.15 bits per heavy atom. The van der Waals surface area contributed by atoms with Crippen molar-refractivity contribution >= 4 is 0 Å². The first-order valence-electron chi connectivity index (χ1n) is 4.94. The van der Waals surface area contributed by atoms with Crippen molar-refractivity contribution < 1.29 is 10.2 Å². The summed E-state index contributed by atoms with van der Waals surface area (Å²) in [4.78, 5) is 4.41. The number of nitrogens with zero attached hydrogens (tertiary/aromatic N) is 2. The van der Waals surface area contributed by atoms with Gasteiger partial charge in [-0.2, -0.15) is 0 Å². The first kappa shape index (κ1) is 10.9. The molecule has 1 heterocycles. The van der Waals surface area contributed by atoms with Crippen molar-refractivity contribution in [1.29, 1.82) is 0 Å². The van der Waals surface area contributed by atoms with Crippen LogP contribution in [0.1, 0.15) is 13.3 Å². The lowest BCUT2D eigenvalue weighted by molar-refractivity contribution is -0.107. The summed E-state index contributed by atoms with van der Waals surface area (Å²) >= 11 is 0. The predicted octanol–water partition coefficient (Wildman–Crippen LogP) is -0.677. The van der Waals surface area contributed by atoms with Crippen LogP contribution in [0.4, 0.5) is 0 Å². The van der Waals surface area contributed by atoms with Crippen LogP contribution >= 0.6 is 0 Å². The number of hydrogen-bond acceptors (Lipinski definition) is 4. The van der Waals surface area contributed by atoms with Gasteiger partial charge >= 0.3 is 0 Å². The lowest BCUT2D eigenvalue weighted by atomic mass is 10.1. The van der Waals surface area contributed by atoms with Gasteiger partial charge in [0.15, 0.2) is 6.29 Å². The highest BCUT2D eigenvalue weighted by atomic mass is 16.5. The Kier molecular flexibility index (Phi) is 4.12. The molecule has 4 heteroatoms. The van der Waals surface area contributed by atoms with Crippen LogP contribution in [-0.4, -0.2) is 65.6 Å². The van der Waals surface area contributed by atoms with E-state index in [0.29, 0.717) is 0 Å². The molecule has 4 nitrogen and oxygen atoms in total. The molecular formula is C9H20N2O2. The molecule has 0 aromatic rings. The number of rotatable bonds is 3. The molecule has 1 saturated heterocycles. The fourth-order valence-electron chi connectivity index (χ4n) is 1.81. The van der Waals surface area contributed by atoms with Crippen molar-refractivity contribution in [1.82, 2.24) is 9.80 Å². The smallest absolute Gasteiger partial charge is 0.167 e. The van der Waals surface area contributed by atoms with Gasteiger partial charge in [-0.3, -0.25) is 4.90 Å². The molecule has 0 saturated carbocycles. The van der Waals surface area contributed by atoms with Crippen LogP contribution in [0.25, 0.3) is 0 Å². The Morgan fingerprint density at radius 2 is 1.69 bits per heavy atom. The summed E-state index contributed by atoms with van der Waals surface area (Å²) in [5.41, 5.74) is 0. The highest BCUT2D eigenvalue weighted by molar-refractivity contribution is 4.77. The monoisotopic (exact) mass is 188 g/mol. The molecule has 1 aliphatic heterocycles. The van der Waals surface area contributed by atoms with E-state index in [1.165, 1.54) is 0 Å². The van der Waals surface area contributed by atoms with Gasteiger partial charge < -0.3 is 15.1 Å². The van der Waals surface area contributed by atoms with Crippen molar-refractivity contribution in [2.24, 2.45) is 0 Å². The van der Waals surface area contributed by atoms with Crippen molar-refractivity contribution in [3.05, 3.63) is 0 Å². The van der Waals surface area contributed by atoms with Gasteiger partial charge in [0, 0.05) is 26.2 Å². The molecule has 1 unspecified atom stereocenters. The molecular weight excluding hydrogens is 168 g/mol. The Labute approximate surface area is 79.8 Å². The lowest BCUT2D eigenvalue weighted by Gasteiger charge is -2.38. The molecule has 13 heavy (non-hydrogen) atoms. The van der Waals surface area contributed by atoms with Crippen LogP contribution in [0, 0.1) is 0 Å². The first-order valence-corrected chi connectivity index (χ1v) is 4.94. The van der Waals surface area contributed by atoms with E-state index in [9.17, 15) is 0 Å². The van der Waals surface area contributed by atoms with Gasteiger partial charge in [0.2, 0.25) is 0 Å². The number of aliphatic hydroxyl groups excluding tert-OH is 1. The molecule has 2 N–H and O–H groups in total. The molecule has 0 amide bonds. The predicted molar refractivity (Wildman–Crippen MR) is 51.4 cm³/mol. The minimum absolute atomic E-state index is 0.0892. The van der Waals surface area contributed by atoms with Crippen LogP contribution in [0.5, 0.6) is 0 Å². The van der Waals surface area contributed by atoms with Crippen LogP contribution in [-0.2, 0) is 0 Å². The average molecular weight is 188 g/mol. The fourth-order valence-corrected chi connectivity index (χ4v) is 1.81. The summed E-state index contributed by atoms with van der Waals surface area (Å²) in [7, 11) is 2.09. The number of aliphatic hydroxyl groups is 2. The van der Waals surface area contributed by atoms with E-state index in [2.05, 4.69) is 16.8 Å². The van der Waals surface area contributed by atoms with E-state index < -0.39 is 6.29 Å². The summed E-state index contributed by atoms with van der Waals surface area (Å²) in [6, 6.07) is -0.0892. The molecule has 0 aromatic carbocycles. The number of hydrogen-bond donors (Lipinski definition) is 2. The molecule has 1 aliphatic rings. The first-order chi connectivity index (χ1) is 6.15. The molecule has 1 rings (SSSR count). The third-order valence-corrected chi connectivity index (χ3v) is 2.77. The van der Waals surface area contributed by atoms with Gasteiger partial charge in [0.05, 0.1) is 6.04 Å². The van der Waals surface area contributed by atoms with Crippen molar-refractivity contribution in [3.8, 4) is 0 Å². The summed E-state index contributed by atoms with van der Waals surface area (Å²) in [5.74, 6) is 0. The second-order valence-corrected chi connectivity index (χ2v) is 3.73. The van der Waals surface area contributed by atoms with E-state index in [1.54, 1.807) is 0 Å². The van der Waals surface area contributed by atoms with E-state index in [1.807, 2.05) is 6.92 Å². The van der Waals surface area contributed by atoms with Gasteiger partial charge in [0.25, 0.3) is 0 Å². The van der Waals surface area contributed by atoms with Crippen molar-refractivity contribution in [2.75, 3.05) is 33.2 Å². The highest BCUT2D eigenvalue weighted by Crippen LogP contribution is 2.10. The Balaban J connectivity index is 2.41. The zero-order valence-electron chi connectivity index (χ0n) is 8.48. The summed E-state index contributed by atoms with van der Waals surface area (Å²) in [6.07, 6.45) is -0.408. The molecule has 0 spiro atoms. The van der Waals surface area contributed by atoms with E-state index >= 15 is 0 Å². The third-order valence-electron chi connectivity index (χ3n) is 2.77. The maximum absolute atomic E-state index is 9.13. The van der Waals surface area contributed by atoms with Crippen LogP contribution in [0.3, 0.4) is 0 Å². The Morgan fingerprint density at radius 3 is 2.08 bits per heavy atom. The number of piperazine rings is 1. The van der Waals surface area contributed by atoms with E-state index in [0.717, 1.165) is 32.6 Å². The summed E-state index contributed by atoms with van der Waals surface area (Å²) in [5, 5.41) is 18.3. The van der Waals surface area contributed by atoms with Crippen LogP contribution in [0.15, 0.2) is 0 Å². The zero-order valence-corrected chi connectivity index (χ0v) is 8.48. The van der Waals surface area contributed by atoms with Gasteiger partial charge in [-0.05, 0) is 13.5 Å². The highest BCUT2D eigenvalue weighted by Gasteiger charge is 2.25. The lowest BCUT2D eigenvalue weighted by Crippen LogP contribution is -2.52. The van der Waals surface area contributed by atoms with Gasteiger partial charge in [-0.1, -0.05) is 6.92 Å². The summed E-state index contributed by atoms with van der Waals surface area (Å²) in [6.45, 7) is 5.90. The quantitative estimate of drug-likeness (QED) is 0.576. The molecule has 78 valence electrons. The molecule has 0 aromatic heterocycles. The minimum atomic E-state index is -1.20. The SMILES string of the molecule is CCC(C(O)O)N1CCN(C)CC1. The largest absolute Gasteiger partial charge is 0.367 e. The van der Waals surface area contributed by atoms with E-state index in [-0.39, 0.29) is 6.04 Å². The van der Waals surface area contributed by atoms with Crippen molar-refractivity contribution in [3.63, 3.8) is 0 Å². The van der Waals surface area contributed by atoms with Crippen LogP contribution in [0.2, 0.25) is 0 Å². The number of likely N-dealkylation sites (N-methyl/N-ethyl adjacent to an activating group) is 1. The molecule has 0 aliphatic carbocycles. The third kappa shape index (κ3) is 2.91. The van der Waals surface area contributed by atoms with Crippen LogP contribution < -0.4 is 0 Å². The average Bonchev–Trinajstić information content (AvgIpc) is 2.09. The second kappa shape index (κ2) is 4.91. The van der Waals surface area contributed by atoms with Gasteiger partial charge in [0.1, 0.15) is 0 Å². The van der Waals surface area contributed by atoms with Crippen molar-refractivity contribution in [2.45, 2.75) is 25.7 Å². The second-order valence-electron chi connectivity index (χ2n) is 3.73. The molecule has 1 atom stereocenters. The maximum atomic E-state index is 9.13. The Hall–Kier alpha value is -0.160. The molecule has 1 fully saturated rings. The van der Waals surface area contributed by atoms with Gasteiger partial charge in [-0.15, -0.1) is 0 Å². The summed E-state index contributed by atoms with van der Waals surface area (Å²) < 4.78 is 0. The normalized spacial score (nSPS) is 23.8. The Bertz CT molecular complexity index is 145. The maximum Gasteiger partial charge on any atom is 0.167 e.